The second kappa shape index (κ2) is 13.3. The molecule has 0 amide bonds. The molecule has 4 heterocycles. The number of aromatic nitrogens is 7. The van der Waals surface area contributed by atoms with Crippen molar-refractivity contribution in [2.75, 3.05) is 0 Å². The second-order valence-corrected chi connectivity index (χ2v) is 8.65. The number of pyridine rings is 3. The third-order valence-corrected chi connectivity index (χ3v) is 6.07. The zero-order chi connectivity index (χ0) is 27.0. The monoisotopic (exact) mass is 708 g/mol. The van der Waals surface area contributed by atoms with E-state index in [9.17, 15) is 0 Å². The molecule has 0 N–H and O–H groups in total. The van der Waals surface area contributed by atoms with Gasteiger partial charge in [0.1, 0.15) is 11.5 Å². The molecule has 7 aromatic rings. The van der Waals surface area contributed by atoms with Crippen LogP contribution in [0.5, 0.6) is 0 Å². The molecule has 0 spiro atoms. The fraction of sp³-hybridized carbons (Fsp3) is 0. The van der Waals surface area contributed by atoms with Gasteiger partial charge in [-0.3, -0.25) is 9.97 Å². The van der Waals surface area contributed by atoms with E-state index in [1.807, 2.05) is 97.5 Å². The van der Waals surface area contributed by atoms with Gasteiger partial charge in [-0.05, 0) is 64.0 Å². The topological polar surface area (TPSA) is 90.2 Å². The maximum absolute atomic E-state index is 4.54. The Balaban J connectivity index is 0.000000164. The minimum Gasteiger partial charge on any atom is -0.304 e. The molecule has 41 heavy (non-hydrogen) atoms. The quantitative estimate of drug-likeness (QED) is 0.192. The van der Waals surface area contributed by atoms with Crippen LogP contribution in [0.2, 0.25) is 0 Å². The zero-order valence-electron chi connectivity index (χ0n) is 21.6. The third kappa shape index (κ3) is 6.58. The molecular formula is C33H21IrN7-2. The van der Waals surface area contributed by atoms with Crippen LogP contribution in [0.1, 0.15) is 0 Å². The summed E-state index contributed by atoms with van der Waals surface area (Å²) in [4.78, 5) is 12.7. The zero-order valence-corrected chi connectivity index (χ0v) is 24.0. The summed E-state index contributed by atoms with van der Waals surface area (Å²) in [6.07, 6.45) is 7.17. The average Bonchev–Trinajstić information content (AvgIpc) is 3.06. The molecule has 199 valence electrons. The summed E-state index contributed by atoms with van der Waals surface area (Å²) < 4.78 is 0. The van der Waals surface area contributed by atoms with Gasteiger partial charge in [0.15, 0.2) is 0 Å². The third-order valence-electron chi connectivity index (χ3n) is 6.07. The van der Waals surface area contributed by atoms with E-state index in [2.05, 4.69) is 65.7 Å². The van der Waals surface area contributed by atoms with Gasteiger partial charge in [-0.1, -0.05) is 18.2 Å². The van der Waals surface area contributed by atoms with Gasteiger partial charge < -0.3 is 4.98 Å². The van der Waals surface area contributed by atoms with Crippen LogP contribution in [-0.4, -0.2) is 35.3 Å². The van der Waals surface area contributed by atoms with E-state index >= 15 is 0 Å². The number of hydrogen-bond donors (Lipinski definition) is 0. The maximum Gasteiger partial charge on any atom is 0.220 e. The van der Waals surface area contributed by atoms with Crippen LogP contribution in [0, 0.1) is 12.1 Å². The van der Waals surface area contributed by atoms with Gasteiger partial charge in [-0.2, -0.15) is 10.2 Å². The van der Waals surface area contributed by atoms with Gasteiger partial charge in [-0.15, -0.1) is 82.0 Å². The van der Waals surface area contributed by atoms with E-state index in [4.69, 9.17) is 0 Å². The Hall–Kier alpha value is -5.04. The van der Waals surface area contributed by atoms with Crippen molar-refractivity contribution in [2.24, 2.45) is 0 Å². The van der Waals surface area contributed by atoms with Crippen LogP contribution in [0.4, 0.5) is 0 Å². The number of hydrogen-bond acceptors (Lipinski definition) is 7. The summed E-state index contributed by atoms with van der Waals surface area (Å²) in [5.74, 6) is 0.866. The first-order chi connectivity index (χ1) is 19.8. The van der Waals surface area contributed by atoms with E-state index < -0.39 is 0 Å². The molecule has 8 heteroatoms. The van der Waals surface area contributed by atoms with E-state index in [1.165, 1.54) is 16.5 Å². The average molecular weight is 708 g/mol. The van der Waals surface area contributed by atoms with E-state index in [-0.39, 0.29) is 20.1 Å². The van der Waals surface area contributed by atoms with Gasteiger partial charge in [0.2, 0.25) is 5.82 Å². The minimum absolute atomic E-state index is 0. The molecule has 0 unspecified atom stereocenters. The molecule has 0 aliphatic rings. The molecule has 0 fully saturated rings. The van der Waals surface area contributed by atoms with E-state index in [0.717, 1.165) is 22.2 Å². The normalized spacial score (nSPS) is 10.2. The summed E-state index contributed by atoms with van der Waals surface area (Å²) in [5, 5.41) is 18.4. The number of nitrogens with zero attached hydrogens (tertiary/aromatic N) is 7. The first-order valence-electron chi connectivity index (χ1n) is 12.6. The molecule has 1 radical (unpaired) electrons. The molecule has 0 saturated heterocycles. The van der Waals surface area contributed by atoms with Gasteiger partial charge in [0.05, 0.1) is 0 Å². The summed E-state index contributed by atoms with van der Waals surface area (Å²) in [5.41, 5.74) is 5.76. The summed E-state index contributed by atoms with van der Waals surface area (Å²) in [6.45, 7) is 0. The van der Waals surface area contributed by atoms with Crippen LogP contribution in [0.3, 0.4) is 0 Å². The molecule has 0 aliphatic heterocycles. The van der Waals surface area contributed by atoms with Gasteiger partial charge in [0.25, 0.3) is 0 Å². The molecule has 0 bridgehead atoms. The number of rotatable bonds is 4. The van der Waals surface area contributed by atoms with Crippen LogP contribution in [0.25, 0.3) is 56.1 Å². The SMILES string of the molecule is [Ir].[c-]1ccccc1-c1nccc2cc(-c3ccncc3)ccc12.[c-]1ccccc1-c1nnc(-c2ccccn2)nn1. The number of benzene rings is 3. The first-order valence-corrected chi connectivity index (χ1v) is 12.6. The molecule has 0 aliphatic carbocycles. The van der Waals surface area contributed by atoms with Crippen molar-refractivity contribution in [1.82, 2.24) is 35.3 Å². The second-order valence-electron chi connectivity index (χ2n) is 8.65. The van der Waals surface area contributed by atoms with Crippen molar-refractivity contribution in [1.29, 1.82) is 0 Å². The molecular weight excluding hydrogens is 687 g/mol. The van der Waals surface area contributed by atoms with Gasteiger partial charge in [-0.25, -0.2) is 0 Å². The molecule has 0 atom stereocenters. The largest absolute Gasteiger partial charge is 0.304 e. The summed E-state index contributed by atoms with van der Waals surface area (Å²) in [6, 6.07) is 39.7. The predicted molar refractivity (Wildman–Crippen MR) is 154 cm³/mol. The Bertz CT molecular complexity index is 1760. The van der Waals surface area contributed by atoms with Crippen LogP contribution >= 0.6 is 0 Å². The Morgan fingerprint density at radius 2 is 1.22 bits per heavy atom. The minimum atomic E-state index is 0. The van der Waals surface area contributed by atoms with Crippen molar-refractivity contribution in [2.45, 2.75) is 0 Å². The van der Waals surface area contributed by atoms with Crippen LogP contribution in [0.15, 0.2) is 128 Å². The Labute approximate surface area is 250 Å². The van der Waals surface area contributed by atoms with Gasteiger partial charge >= 0.3 is 0 Å². The molecule has 0 saturated carbocycles. The first kappa shape index (κ1) is 27.5. The van der Waals surface area contributed by atoms with Crippen LogP contribution < -0.4 is 0 Å². The molecule has 7 rings (SSSR count). The Morgan fingerprint density at radius 1 is 0.512 bits per heavy atom. The maximum atomic E-state index is 4.54. The van der Waals surface area contributed by atoms with Crippen molar-refractivity contribution in [3.63, 3.8) is 0 Å². The van der Waals surface area contributed by atoms with Crippen molar-refractivity contribution in [3.8, 4) is 45.3 Å². The molecule has 7 nitrogen and oxygen atoms in total. The number of fused-ring (bicyclic) bond motifs is 1. The predicted octanol–water partition coefficient (Wildman–Crippen LogP) is 6.56. The van der Waals surface area contributed by atoms with E-state index in [0.29, 0.717) is 17.3 Å². The Kier molecular flexibility index (Phi) is 8.96. The summed E-state index contributed by atoms with van der Waals surface area (Å²) >= 11 is 0. The standard InChI is InChI=1S/C20H13N2.C13H8N5.Ir/c1-2-4-16(5-3-1)20-19-7-6-17(14-18(19)10-13-22-20)15-8-11-21-12-9-15;1-2-6-10(7-3-1)12-15-17-13(18-16-12)11-8-4-5-9-14-11;/h1-4,6-14H;1-6,8-9H;/q2*-1;. The Morgan fingerprint density at radius 3 is 1.90 bits per heavy atom. The summed E-state index contributed by atoms with van der Waals surface area (Å²) in [7, 11) is 0. The van der Waals surface area contributed by atoms with Crippen molar-refractivity contribution in [3.05, 3.63) is 140 Å². The fourth-order valence-electron chi connectivity index (χ4n) is 4.12. The van der Waals surface area contributed by atoms with Crippen molar-refractivity contribution < 1.29 is 20.1 Å². The van der Waals surface area contributed by atoms with Crippen molar-refractivity contribution >= 4 is 10.8 Å². The fourth-order valence-corrected chi connectivity index (χ4v) is 4.12. The van der Waals surface area contributed by atoms with Gasteiger partial charge in [0, 0.05) is 44.9 Å². The van der Waals surface area contributed by atoms with Crippen LogP contribution in [-0.2, 0) is 20.1 Å². The smallest absolute Gasteiger partial charge is 0.220 e. The molecule has 3 aromatic carbocycles. The van der Waals surface area contributed by atoms with E-state index in [1.54, 1.807) is 12.3 Å². The molecule has 4 aromatic heterocycles.